The van der Waals surface area contributed by atoms with Crippen LogP contribution >= 0.6 is 0 Å². The summed E-state index contributed by atoms with van der Waals surface area (Å²) in [6.07, 6.45) is -5.49. The number of esters is 1. The molecule has 1 N–H and O–H groups in total. The smallest absolute Gasteiger partial charge is 0.456 e. The van der Waals surface area contributed by atoms with Gasteiger partial charge in [0.25, 0.3) is 0 Å². The van der Waals surface area contributed by atoms with E-state index in [-0.39, 0.29) is 23.3 Å². The molecule has 0 fully saturated rings. The lowest BCUT2D eigenvalue weighted by atomic mass is 9.69. The summed E-state index contributed by atoms with van der Waals surface area (Å²) in [4.78, 5) is 39.4. The monoisotopic (exact) mass is 460 g/mol. The first-order chi connectivity index (χ1) is 15.5. The van der Waals surface area contributed by atoms with E-state index in [1.807, 2.05) is 0 Å². The van der Waals surface area contributed by atoms with Gasteiger partial charge in [-0.05, 0) is 19.4 Å². The highest BCUT2D eigenvalue weighted by Crippen LogP contribution is 2.54. The molecule has 1 aliphatic heterocycles. The van der Waals surface area contributed by atoms with E-state index in [1.54, 1.807) is 19.1 Å². The predicted octanol–water partition coefficient (Wildman–Crippen LogP) is 3.87. The molecular weight excluding hydrogens is 441 g/mol. The Morgan fingerprint density at radius 2 is 1.64 bits per heavy atom. The van der Waals surface area contributed by atoms with Crippen LogP contribution in [0.15, 0.2) is 59.9 Å². The molecule has 4 rings (SSSR count). The highest BCUT2D eigenvalue weighted by Gasteiger charge is 2.70. The van der Waals surface area contributed by atoms with Gasteiger partial charge in [-0.25, -0.2) is 0 Å². The number of aryl methyl sites for hydroxylation is 1. The third-order valence-corrected chi connectivity index (χ3v) is 5.82. The number of halogens is 3. The predicted molar refractivity (Wildman–Crippen MR) is 108 cm³/mol. The minimum absolute atomic E-state index is 0.0259. The molecule has 2 aromatic carbocycles. The van der Waals surface area contributed by atoms with Crippen molar-refractivity contribution in [1.29, 1.82) is 0 Å². The van der Waals surface area contributed by atoms with Crippen molar-refractivity contribution in [3.63, 3.8) is 0 Å². The maximum absolute atomic E-state index is 14.2. The summed E-state index contributed by atoms with van der Waals surface area (Å²) >= 11 is 0. The number of allylic oxidation sites excluding steroid dienone is 2. The van der Waals surface area contributed by atoms with Gasteiger partial charge in [-0.1, -0.05) is 54.1 Å². The van der Waals surface area contributed by atoms with Crippen molar-refractivity contribution in [3.05, 3.63) is 82.1 Å². The van der Waals surface area contributed by atoms with Crippen molar-refractivity contribution in [2.75, 3.05) is 6.61 Å². The highest BCUT2D eigenvalue weighted by molar-refractivity contribution is 6.27. The van der Waals surface area contributed by atoms with E-state index in [4.69, 9.17) is 9.47 Å². The number of benzene rings is 2. The van der Waals surface area contributed by atoms with Gasteiger partial charge >= 0.3 is 17.9 Å². The van der Waals surface area contributed by atoms with Crippen LogP contribution in [0.1, 0.15) is 44.7 Å². The minimum atomic E-state index is -5.49. The molecule has 3 atom stereocenters. The number of hydrogen-bond donors (Lipinski definition) is 1. The molecule has 33 heavy (non-hydrogen) atoms. The van der Waals surface area contributed by atoms with Gasteiger partial charge in [-0.2, -0.15) is 13.2 Å². The minimum Gasteiger partial charge on any atom is -0.466 e. The molecule has 2 aromatic rings. The van der Waals surface area contributed by atoms with Crippen molar-refractivity contribution in [2.24, 2.45) is 5.92 Å². The van der Waals surface area contributed by atoms with Crippen LogP contribution in [0.3, 0.4) is 0 Å². The Morgan fingerprint density at radius 1 is 1.06 bits per heavy atom. The van der Waals surface area contributed by atoms with E-state index in [1.165, 1.54) is 43.3 Å². The molecule has 0 saturated heterocycles. The molecule has 0 unspecified atom stereocenters. The fourth-order valence-corrected chi connectivity index (χ4v) is 4.26. The number of hydrogen-bond acceptors (Lipinski definition) is 6. The number of fused-ring (bicyclic) bond motifs is 1. The van der Waals surface area contributed by atoms with Crippen LogP contribution in [0.4, 0.5) is 13.2 Å². The number of ether oxygens (including phenoxy) is 2. The van der Waals surface area contributed by atoms with Crippen LogP contribution in [-0.2, 0) is 14.3 Å². The summed E-state index contributed by atoms with van der Waals surface area (Å²) in [7, 11) is 0. The van der Waals surface area contributed by atoms with Crippen LogP contribution in [0.25, 0.3) is 0 Å². The summed E-state index contributed by atoms with van der Waals surface area (Å²) in [6.45, 7) is 2.87. The molecule has 6 nitrogen and oxygen atoms in total. The Kier molecular flexibility index (Phi) is 5.40. The standard InChI is InChI=1S/C24H19F3O6/c1-3-32-22(30)18-16(13-10-8-12(2)9-11-13)17-19(28)14-6-4-5-7-15(14)20(29)21(17)33-23(18,31)24(25,26)27/h4-11,16,18,31H,3H2,1-2H3/t16-,18-,23+/m1/s1. The van der Waals surface area contributed by atoms with E-state index >= 15 is 0 Å². The molecule has 0 saturated carbocycles. The lowest BCUT2D eigenvalue weighted by Crippen LogP contribution is -2.61. The lowest BCUT2D eigenvalue weighted by molar-refractivity contribution is -0.375. The van der Waals surface area contributed by atoms with Crippen molar-refractivity contribution in [2.45, 2.75) is 31.7 Å². The summed E-state index contributed by atoms with van der Waals surface area (Å²) in [5.74, 6) is -12.2. The maximum Gasteiger partial charge on any atom is 0.456 e. The van der Waals surface area contributed by atoms with Crippen molar-refractivity contribution < 1.29 is 42.1 Å². The maximum atomic E-state index is 14.2. The Bertz CT molecular complexity index is 1180. The highest BCUT2D eigenvalue weighted by atomic mass is 19.4. The molecule has 0 amide bonds. The van der Waals surface area contributed by atoms with Crippen LogP contribution in [0.2, 0.25) is 0 Å². The van der Waals surface area contributed by atoms with Gasteiger partial charge < -0.3 is 14.6 Å². The number of carbonyl (C=O) groups is 3. The first-order valence-corrected chi connectivity index (χ1v) is 10.1. The molecule has 172 valence electrons. The molecular formula is C24H19F3O6. The number of carbonyl (C=O) groups excluding carboxylic acids is 3. The zero-order valence-electron chi connectivity index (χ0n) is 17.6. The van der Waals surface area contributed by atoms with Gasteiger partial charge in [-0.3, -0.25) is 14.4 Å². The zero-order valence-corrected chi connectivity index (χ0v) is 17.6. The summed E-state index contributed by atoms with van der Waals surface area (Å²) in [6, 6.07) is 11.7. The van der Waals surface area contributed by atoms with Gasteiger partial charge in [0.15, 0.2) is 11.5 Å². The van der Waals surface area contributed by atoms with E-state index in [2.05, 4.69) is 0 Å². The number of Topliss-reactive ketones (excluding diaryl/α,β-unsaturated/α-hetero) is 2. The third kappa shape index (κ3) is 3.43. The number of aliphatic hydroxyl groups is 1. The van der Waals surface area contributed by atoms with Crippen molar-refractivity contribution >= 4 is 17.5 Å². The van der Waals surface area contributed by atoms with Crippen LogP contribution in [0, 0.1) is 12.8 Å². The fourth-order valence-electron chi connectivity index (χ4n) is 4.26. The Balaban J connectivity index is 2.05. The number of ketones is 2. The van der Waals surface area contributed by atoms with Crippen LogP contribution < -0.4 is 0 Å². The molecule has 2 aliphatic rings. The first-order valence-electron chi connectivity index (χ1n) is 10.1. The molecule has 0 aromatic heterocycles. The van der Waals surface area contributed by atoms with Gasteiger partial charge in [0.2, 0.25) is 5.78 Å². The van der Waals surface area contributed by atoms with Gasteiger partial charge in [0.05, 0.1) is 12.2 Å². The van der Waals surface area contributed by atoms with Gasteiger partial charge in [0.1, 0.15) is 5.92 Å². The number of rotatable bonds is 3. The summed E-state index contributed by atoms with van der Waals surface area (Å²) < 4.78 is 52.4. The largest absolute Gasteiger partial charge is 0.466 e. The van der Waals surface area contributed by atoms with Gasteiger partial charge in [-0.15, -0.1) is 0 Å². The van der Waals surface area contributed by atoms with E-state index < -0.39 is 52.7 Å². The zero-order chi connectivity index (χ0) is 24.1. The van der Waals surface area contributed by atoms with Crippen LogP contribution in [0.5, 0.6) is 0 Å². The van der Waals surface area contributed by atoms with E-state index in [0.717, 1.165) is 5.56 Å². The summed E-state index contributed by atoms with van der Waals surface area (Å²) in [5.41, 5.74) is 0.299. The molecule has 0 spiro atoms. The second-order valence-corrected chi connectivity index (χ2v) is 7.86. The van der Waals surface area contributed by atoms with E-state index in [0.29, 0.717) is 0 Å². The summed E-state index contributed by atoms with van der Waals surface area (Å²) in [5, 5.41) is 10.8. The van der Waals surface area contributed by atoms with Crippen molar-refractivity contribution in [1.82, 2.24) is 0 Å². The average Bonchev–Trinajstić information content (AvgIpc) is 2.76. The Morgan fingerprint density at radius 3 is 2.18 bits per heavy atom. The Labute approximate surface area is 186 Å². The molecule has 9 heteroatoms. The topological polar surface area (TPSA) is 89.9 Å². The second-order valence-electron chi connectivity index (χ2n) is 7.86. The Hall–Kier alpha value is -3.46. The van der Waals surface area contributed by atoms with Crippen molar-refractivity contribution in [3.8, 4) is 0 Å². The molecule has 0 bridgehead atoms. The first kappa shape index (κ1) is 22.7. The lowest BCUT2D eigenvalue weighted by Gasteiger charge is -2.45. The average molecular weight is 460 g/mol. The SMILES string of the molecule is CCOC(=O)[C@H]1[C@H](c2ccc(C)cc2)C2=C(O[C@]1(O)C(F)(F)F)C(=O)c1ccccc1C2=O. The third-order valence-electron chi connectivity index (χ3n) is 5.82. The van der Waals surface area contributed by atoms with Gasteiger partial charge in [0, 0.05) is 17.0 Å². The quantitative estimate of drug-likeness (QED) is 0.700. The molecule has 1 heterocycles. The number of alkyl halides is 3. The second kappa shape index (κ2) is 7.84. The normalized spacial score (nSPS) is 24.7. The molecule has 1 aliphatic carbocycles. The van der Waals surface area contributed by atoms with Crippen LogP contribution in [-0.4, -0.2) is 41.2 Å². The fraction of sp³-hybridized carbons (Fsp3) is 0.292. The molecule has 0 radical (unpaired) electrons. The van der Waals surface area contributed by atoms with E-state index in [9.17, 15) is 32.7 Å².